The SMILES string of the molecule is CC(C)(C)NC(=O)Cc1cccc(Nc2ncc(Cl)c(N[C@H]3C4CC5CC3C[C@@](C(=O)NC3CC3)(C5)C4)n2)c1. The minimum absolute atomic E-state index is 0.0173. The lowest BCUT2D eigenvalue weighted by atomic mass is 9.47. The molecule has 4 N–H and O–H groups in total. The normalized spacial score (nSPS) is 29.1. The van der Waals surface area contributed by atoms with Gasteiger partial charge in [0.05, 0.1) is 18.0 Å². The van der Waals surface area contributed by atoms with Gasteiger partial charge in [0.15, 0.2) is 5.82 Å². The molecule has 5 fully saturated rings. The van der Waals surface area contributed by atoms with E-state index < -0.39 is 0 Å². The van der Waals surface area contributed by atoms with E-state index in [1.807, 2.05) is 45.0 Å². The van der Waals surface area contributed by atoms with Crippen molar-refractivity contribution in [1.82, 2.24) is 20.6 Å². The Labute approximate surface area is 235 Å². The number of hydrogen-bond acceptors (Lipinski definition) is 6. The smallest absolute Gasteiger partial charge is 0.229 e. The van der Waals surface area contributed by atoms with E-state index in [0.29, 0.717) is 52.9 Å². The lowest BCUT2D eigenvalue weighted by Gasteiger charge is -2.59. The van der Waals surface area contributed by atoms with Gasteiger partial charge < -0.3 is 21.3 Å². The maximum atomic E-state index is 13.2. The Morgan fingerprint density at radius 1 is 1.10 bits per heavy atom. The molecule has 9 heteroatoms. The first-order valence-electron chi connectivity index (χ1n) is 14.3. The second kappa shape index (κ2) is 9.95. The molecule has 0 spiro atoms. The van der Waals surface area contributed by atoms with Gasteiger partial charge in [-0.1, -0.05) is 23.7 Å². The van der Waals surface area contributed by atoms with Crippen LogP contribution in [-0.4, -0.2) is 39.4 Å². The van der Waals surface area contributed by atoms with Gasteiger partial charge in [-0.3, -0.25) is 9.59 Å². The van der Waals surface area contributed by atoms with Crippen LogP contribution in [0.4, 0.5) is 17.5 Å². The third kappa shape index (κ3) is 5.86. The number of carbonyl (C=O) groups is 2. The molecule has 0 saturated heterocycles. The predicted octanol–water partition coefficient (Wildman–Crippen LogP) is 5.22. The maximum absolute atomic E-state index is 13.2. The van der Waals surface area contributed by atoms with E-state index in [1.165, 1.54) is 0 Å². The number of halogens is 1. The summed E-state index contributed by atoms with van der Waals surface area (Å²) in [6.45, 7) is 5.92. The highest BCUT2D eigenvalue weighted by atomic mass is 35.5. The first-order chi connectivity index (χ1) is 18.5. The summed E-state index contributed by atoms with van der Waals surface area (Å²) >= 11 is 6.57. The van der Waals surface area contributed by atoms with Crippen molar-refractivity contribution >= 4 is 40.9 Å². The van der Waals surface area contributed by atoms with Crippen LogP contribution in [0.1, 0.15) is 71.3 Å². The highest BCUT2D eigenvalue weighted by Crippen LogP contribution is 2.60. The summed E-state index contributed by atoms with van der Waals surface area (Å²) in [6.07, 6.45) is 9.44. The fourth-order valence-corrected chi connectivity index (χ4v) is 7.47. The second-order valence-electron chi connectivity index (χ2n) is 13.4. The zero-order chi connectivity index (χ0) is 27.4. The van der Waals surface area contributed by atoms with Crippen LogP contribution in [0, 0.1) is 23.2 Å². The van der Waals surface area contributed by atoms with Crippen molar-refractivity contribution in [3.8, 4) is 0 Å². The Balaban J connectivity index is 1.13. The van der Waals surface area contributed by atoms with Crippen molar-refractivity contribution in [2.75, 3.05) is 10.6 Å². The van der Waals surface area contributed by atoms with Crippen molar-refractivity contribution in [3.05, 3.63) is 41.0 Å². The molecule has 1 heterocycles. The summed E-state index contributed by atoms with van der Waals surface area (Å²) in [5, 5.41) is 13.8. The Hall–Kier alpha value is -2.87. The number of anilines is 3. The molecule has 208 valence electrons. The number of aromatic nitrogens is 2. The summed E-state index contributed by atoms with van der Waals surface area (Å²) in [5.41, 5.74) is 1.26. The number of amides is 2. The van der Waals surface area contributed by atoms with Crippen molar-refractivity contribution in [2.45, 2.75) is 89.8 Å². The van der Waals surface area contributed by atoms with Crippen LogP contribution in [0.2, 0.25) is 5.02 Å². The van der Waals surface area contributed by atoms with Gasteiger partial charge in [-0.15, -0.1) is 0 Å². The van der Waals surface area contributed by atoms with E-state index in [4.69, 9.17) is 16.6 Å². The molecular weight excluding hydrogens is 512 g/mol. The number of hydrogen-bond donors (Lipinski definition) is 4. The summed E-state index contributed by atoms with van der Waals surface area (Å²) in [4.78, 5) is 34.7. The zero-order valence-electron chi connectivity index (χ0n) is 23.0. The molecule has 39 heavy (non-hydrogen) atoms. The average Bonchev–Trinajstić information content (AvgIpc) is 3.66. The summed E-state index contributed by atoms with van der Waals surface area (Å²) in [5.74, 6) is 2.88. The lowest BCUT2D eigenvalue weighted by molar-refractivity contribution is -0.147. The van der Waals surface area contributed by atoms with Gasteiger partial charge in [0.2, 0.25) is 17.8 Å². The molecule has 2 unspecified atom stereocenters. The lowest BCUT2D eigenvalue weighted by Crippen LogP contribution is -2.60. The third-order valence-corrected chi connectivity index (χ3v) is 9.05. The number of carbonyl (C=O) groups excluding carboxylic acids is 2. The molecule has 7 rings (SSSR count). The van der Waals surface area contributed by atoms with Crippen LogP contribution in [0.25, 0.3) is 0 Å². The Morgan fingerprint density at radius 2 is 1.85 bits per heavy atom. The molecule has 1 aromatic heterocycles. The molecule has 5 saturated carbocycles. The maximum Gasteiger partial charge on any atom is 0.229 e. The van der Waals surface area contributed by atoms with Gasteiger partial charge in [-0.2, -0.15) is 4.98 Å². The molecule has 0 aliphatic heterocycles. The molecule has 5 aliphatic carbocycles. The van der Waals surface area contributed by atoms with Crippen LogP contribution < -0.4 is 21.3 Å². The van der Waals surface area contributed by atoms with E-state index in [1.54, 1.807) is 6.20 Å². The van der Waals surface area contributed by atoms with E-state index in [2.05, 4.69) is 26.3 Å². The van der Waals surface area contributed by atoms with Crippen molar-refractivity contribution in [2.24, 2.45) is 23.2 Å². The van der Waals surface area contributed by atoms with Crippen LogP contribution in [0.15, 0.2) is 30.5 Å². The zero-order valence-corrected chi connectivity index (χ0v) is 23.8. The number of benzene rings is 1. The van der Waals surface area contributed by atoms with E-state index in [0.717, 1.165) is 56.2 Å². The number of rotatable bonds is 8. The van der Waals surface area contributed by atoms with Crippen molar-refractivity contribution in [3.63, 3.8) is 0 Å². The van der Waals surface area contributed by atoms with Crippen LogP contribution in [0.5, 0.6) is 0 Å². The van der Waals surface area contributed by atoms with E-state index >= 15 is 0 Å². The first-order valence-corrected chi connectivity index (χ1v) is 14.7. The Morgan fingerprint density at radius 3 is 2.54 bits per heavy atom. The Bertz CT molecular complexity index is 1260. The summed E-state index contributed by atoms with van der Waals surface area (Å²) in [7, 11) is 0. The van der Waals surface area contributed by atoms with E-state index in [-0.39, 0.29) is 22.9 Å². The minimum atomic E-state index is -0.269. The predicted molar refractivity (Wildman–Crippen MR) is 153 cm³/mol. The highest BCUT2D eigenvalue weighted by Gasteiger charge is 2.58. The summed E-state index contributed by atoms with van der Waals surface area (Å²) in [6, 6.07) is 8.39. The van der Waals surface area contributed by atoms with Gasteiger partial charge in [-0.25, -0.2) is 4.98 Å². The fourth-order valence-electron chi connectivity index (χ4n) is 7.33. The Kier molecular flexibility index (Phi) is 6.72. The van der Waals surface area contributed by atoms with E-state index in [9.17, 15) is 9.59 Å². The van der Waals surface area contributed by atoms with Crippen LogP contribution >= 0.6 is 11.6 Å². The number of nitrogens with one attached hydrogen (secondary N) is 4. The monoisotopic (exact) mass is 550 g/mol. The second-order valence-corrected chi connectivity index (χ2v) is 13.8. The summed E-state index contributed by atoms with van der Waals surface area (Å²) < 4.78 is 0. The molecule has 2 atom stereocenters. The van der Waals surface area contributed by atoms with Gasteiger partial charge in [0.1, 0.15) is 5.02 Å². The van der Waals surface area contributed by atoms with Gasteiger partial charge in [0, 0.05) is 23.3 Å². The molecule has 5 aliphatic rings. The molecule has 2 amide bonds. The minimum Gasteiger partial charge on any atom is -0.365 e. The fraction of sp³-hybridized carbons (Fsp3) is 0.600. The van der Waals surface area contributed by atoms with Gasteiger partial charge >= 0.3 is 0 Å². The average molecular weight is 551 g/mol. The van der Waals surface area contributed by atoms with Crippen molar-refractivity contribution in [1.29, 1.82) is 0 Å². The topological polar surface area (TPSA) is 108 Å². The molecule has 0 radical (unpaired) electrons. The standard InChI is InChI=1S/C30H39ClN6O2/c1-29(2,3)37-24(38)12-17-5-4-6-22(11-17)34-28-32-16-23(31)26(36-28)35-25-19-9-18-10-20(25)15-30(13-18,14-19)27(39)33-21-7-8-21/h4-6,11,16,18-21,25H,7-10,12-15H2,1-3H3,(H,33,39)(H,37,38)(H2,32,34,35,36)/t18?,19?,20?,25-,30+. The van der Waals surface area contributed by atoms with Crippen LogP contribution in [-0.2, 0) is 16.0 Å². The molecule has 4 bridgehead atoms. The van der Waals surface area contributed by atoms with Gasteiger partial charge in [0.25, 0.3) is 0 Å². The van der Waals surface area contributed by atoms with Crippen molar-refractivity contribution < 1.29 is 9.59 Å². The molecule has 2 aromatic rings. The number of nitrogens with zero attached hydrogens (tertiary/aromatic N) is 2. The molecular formula is C30H39ClN6O2. The molecule has 1 aromatic carbocycles. The quantitative estimate of drug-likeness (QED) is 0.359. The van der Waals surface area contributed by atoms with Gasteiger partial charge in [-0.05, 0) is 101 Å². The highest BCUT2D eigenvalue weighted by molar-refractivity contribution is 6.32. The third-order valence-electron chi connectivity index (χ3n) is 8.78. The molecule has 8 nitrogen and oxygen atoms in total. The first kappa shape index (κ1) is 26.4. The largest absolute Gasteiger partial charge is 0.365 e. The van der Waals surface area contributed by atoms with Crippen LogP contribution in [0.3, 0.4) is 0 Å².